The lowest BCUT2D eigenvalue weighted by atomic mass is 9.97. The Bertz CT molecular complexity index is 558. The van der Waals surface area contributed by atoms with Crippen LogP contribution < -0.4 is 11.1 Å². The Kier molecular flexibility index (Phi) is 5.75. The average molecular weight is 334 g/mol. The quantitative estimate of drug-likeness (QED) is 0.471. The third-order valence-corrected chi connectivity index (χ3v) is 3.86. The van der Waals surface area contributed by atoms with Gasteiger partial charge in [-0.1, -0.05) is 0 Å². The van der Waals surface area contributed by atoms with E-state index in [2.05, 4.69) is 10.3 Å². The third kappa shape index (κ3) is 4.31. The SMILES string of the molecule is NC(=O)C1CCCN(CCCNc2c(F)c(F)nc(F)c2F)C1. The average Bonchev–Trinajstić information content (AvgIpc) is 2.52. The molecule has 1 aliphatic rings. The number of likely N-dealkylation sites (tertiary alicyclic amines) is 1. The minimum absolute atomic E-state index is 0.120. The van der Waals surface area contributed by atoms with Gasteiger partial charge in [0.25, 0.3) is 11.9 Å². The summed E-state index contributed by atoms with van der Waals surface area (Å²) < 4.78 is 52.7. The van der Waals surface area contributed by atoms with Crippen molar-refractivity contribution in [2.75, 3.05) is 31.5 Å². The Morgan fingerprint density at radius 1 is 1.26 bits per heavy atom. The highest BCUT2D eigenvalue weighted by atomic mass is 19.2. The Labute approximate surface area is 130 Å². The van der Waals surface area contributed by atoms with E-state index in [0.29, 0.717) is 19.5 Å². The molecule has 5 nitrogen and oxygen atoms in total. The van der Waals surface area contributed by atoms with Gasteiger partial charge in [0, 0.05) is 13.1 Å². The summed E-state index contributed by atoms with van der Waals surface area (Å²) in [6.45, 7) is 2.06. The first kappa shape index (κ1) is 17.5. The molecule has 2 rings (SSSR count). The molecule has 1 unspecified atom stereocenters. The van der Waals surface area contributed by atoms with Crippen molar-refractivity contribution in [3.05, 3.63) is 23.5 Å². The van der Waals surface area contributed by atoms with E-state index < -0.39 is 29.2 Å². The molecule has 1 atom stereocenters. The van der Waals surface area contributed by atoms with Crippen LogP contribution in [0.4, 0.5) is 23.2 Å². The predicted octanol–water partition coefficient (Wildman–Crippen LogP) is 1.64. The number of primary amides is 1. The molecule has 0 spiro atoms. The Balaban J connectivity index is 1.83. The van der Waals surface area contributed by atoms with Crippen LogP contribution in [0.2, 0.25) is 0 Å². The van der Waals surface area contributed by atoms with Gasteiger partial charge in [0.05, 0.1) is 5.92 Å². The molecule has 2 heterocycles. The van der Waals surface area contributed by atoms with Gasteiger partial charge in [-0.2, -0.15) is 22.5 Å². The van der Waals surface area contributed by atoms with E-state index in [-0.39, 0.29) is 18.4 Å². The van der Waals surface area contributed by atoms with E-state index in [1.54, 1.807) is 0 Å². The first-order chi connectivity index (χ1) is 10.9. The zero-order chi connectivity index (χ0) is 17.0. The minimum Gasteiger partial charge on any atom is -0.380 e. The predicted molar refractivity (Wildman–Crippen MR) is 75.5 cm³/mol. The van der Waals surface area contributed by atoms with Crippen molar-refractivity contribution < 1.29 is 22.4 Å². The van der Waals surface area contributed by atoms with Crippen LogP contribution in [0.3, 0.4) is 0 Å². The van der Waals surface area contributed by atoms with Crippen LogP contribution >= 0.6 is 0 Å². The fourth-order valence-corrected chi connectivity index (χ4v) is 2.65. The van der Waals surface area contributed by atoms with Crippen molar-refractivity contribution in [1.82, 2.24) is 9.88 Å². The monoisotopic (exact) mass is 334 g/mol. The standard InChI is InChI=1S/C14H18F4N4O/c15-9-11(10(16)13(18)21-12(9)17)20-4-2-6-22-5-1-3-8(7-22)14(19)23/h8H,1-7H2,(H2,19,23)(H,20,21). The van der Waals surface area contributed by atoms with Gasteiger partial charge in [-0.3, -0.25) is 4.79 Å². The fourth-order valence-electron chi connectivity index (χ4n) is 2.65. The van der Waals surface area contributed by atoms with Crippen LogP contribution in [0, 0.1) is 29.4 Å². The van der Waals surface area contributed by atoms with Crippen molar-refractivity contribution in [1.29, 1.82) is 0 Å². The Hall–Kier alpha value is -1.90. The van der Waals surface area contributed by atoms with Crippen LogP contribution in [0.5, 0.6) is 0 Å². The van der Waals surface area contributed by atoms with Gasteiger partial charge in [-0.05, 0) is 32.4 Å². The molecule has 128 valence electrons. The zero-order valence-electron chi connectivity index (χ0n) is 12.4. The molecule has 0 radical (unpaired) electrons. The first-order valence-corrected chi connectivity index (χ1v) is 7.35. The number of pyridine rings is 1. The summed E-state index contributed by atoms with van der Waals surface area (Å²) in [6.07, 6.45) is 2.09. The van der Waals surface area contributed by atoms with Crippen LogP contribution in [0.15, 0.2) is 0 Å². The maximum Gasteiger partial charge on any atom is 0.253 e. The summed E-state index contributed by atoms with van der Waals surface area (Å²) in [5, 5.41) is 2.35. The van der Waals surface area contributed by atoms with Crippen molar-refractivity contribution in [3.8, 4) is 0 Å². The summed E-state index contributed by atoms with van der Waals surface area (Å²) >= 11 is 0. The number of rotatable bonds is 6. The number of nitrogens with zero attached hydrogens (tertiary/aromatic N) is 2. The summed E-state index contributed by atoms with van der Waals surface area (Å²) in [7, 11) is 0. The van der Waals surface area contributed by atoms with Gasteiger partial charge < -0.3 is 16.0 Å². The van der Waals surface area contributed by atoms with Crippen molar-refractivity contribution in [2.24, 2.45) is 11.7 Å². The van der Waals surface area contributed by atoms with Crippen LogP contribution in [0.25, 0.3) is 0 Å². The second kappa shape index (κ2) is 7.58. The molecule has 1 aliphatic heterocycles. The molecule has 0 aromatic carbocycles. The lowest BCUT2D eigenvalue weighted by Gasteiger charge is -2.31. The van der Waals surface area contributed by atoms with Crippen molar-refractivity contribution in [3.63, 3.8) is 0 Å². The minimum atomic E-state index is -1.69. The van der Waals surface area contributed by atoms with E-state index in [1.165, 1.54) is 0 Å². The lowest BCUT2D eigenvalue weighted by Crippen LogP contribution is -2.41. The van der Waals surface area contributed by atoms with Crippen molar-refractivity contribution in [2.45, 2.75) is 19.3 Å². The molecule has 0 aliphatic carbocycles. The second-order valence-electron chi connectivity index (χ2n) is 5.52. The number of hydrogen-bond donors (Lipinski definition) is 2. The number of nitrogens with one attached hydrogen (secondary N) is 1. The smallest absolute Gasteiger partial charge is 0.253 e. The van der Waals surface area contributed by atoms with E-state index in [0.717, 1.165) is 19.4 Å². The highest BCUT2D eigenvalue weighted by Gasteiger charge is 2.24. The normalized spacial score (nSPS) is 18.9. The topological polar surface area (TPSA) is 71.2 Å². The van der Waals surface area contributed by atoms with Gasteiger partial charge in [-0.25, -0.2) is 0 Å². The number of anilines is 1. The third-order valence-electron chi connectivity index (χ3n) is 3.86. The number of piperidine rings is 1. The summed E-state index contributed by atoms with van der Waals surface area (Å²) in [5.74, 6) is -6.99. The van der Waals surface area contributed by atoms with E-state index in [9.17, 15) is 22.4 Å². The number of carbonyl (C=O) groups is 1. The second-order valence-corrected chi connectivity index (χ2v) is 5.52. The largest absolute Gasteiger partial charge is 0.380 e. The van der Waals surface area contributed by atoms with Gasteiger partial charge in [0.2, 0.25) is 17.5 Å². The molecule has 1 aromatic heterocycles. The molecule has 0 saturated carbocycles. The number of aromatic nitrogens is 1. The molecule has 0 bridgehead atoms. The van der Waals surface area contributed by atoms with Gasteiger partial charge in [-0.15, -0.1) is 0 Å². The molecule has 1 aromatic rings. The molecule has 23 heavy (non-hydrogen) atoms. The summed E-state index contributed by atoms with van der Waals surface area (Å²) in [4.78, 5) is 15.7. The number of carbonyl (C=O) groups excluding carboxylic acids is 1. The van der Waals surface area contributed by atoms with Crippen LogP contribution in [-0.4, -0.2) is 42.0 Å². The van der Waals surface area contributed by atoms with Crippen LogP contribution in [0.1, 0.15) is 19.3 Å². The molecule has 1 amide bonds. The summed E-state index contributed by atoms with van der Waals surface area (Å²) in [5.41, 5.74) is 4.43. The molecule has 1 saturated heterocycles. The Morgan fingerprint density at radius 3 is 2.52 bits per heavy atom. The first-order valence-electron chi connectivity index (χ1n) is 7.35. The number of nitrogens with two attached hydrogens (primary N) is 1. The maximum atomic E-state index is 13.4. The van der Waals surface area contributed by atoms with Gasteiger partial charge >= 0.3 is 0 Å². The van der Waals surface area contributed by atoms with Crippen molar-refractivity contribution >= 4 is 11.6 Å². The fraction of sp³-hybridized carbons (Fsp3) is 0.571. The van der Waals surface area contributed by atoms with Crippen LogP contribution in [-0.2, 0) is 4.79 Å². The highest BCUT2D eigenvalue weighted by molar-refractivity contribution is 5.76. The molecular formula is C14H18F4N4O. The number of amides is 1. The van der Waals surface area contributed by atoms with E-state index >= 15 is 0 Å². The van der Waals surface area contributed by atoms with Gasteiger partial charge in [0.15, 0.2) is 0 Å². The lowest BCUT2D eigenvalue weighted by molar-refractivity contribution is -0.123. The molecule has 9 heteroatoms. The van der Waals surface area contributed by atoms with Gasteiger partial charge in [0.1, 0.15) is 5.69 Å². The number of halogens is 4. The Morgan fingerprint density at radius 2 is 1.91 bits per heavy atom. The van der Waals surface area contributed by atoms with E-state index in [4.69, 9.17) is 5.73 Å². The molecular weight excluding hydrogens is 316 g/mol. The number of hydrogen-bond acceptors (Lipinski definition) is 4. The molecule has 3 N–H and O–H groups in total. The summed E-state index contributed by atoms with van der Waals surface area (Å²) in [6, 6.07) is 0. The van der Waals surface area contributed by atoms with E-state index in [1.807, 2.05) is 4.90 Å². The maximum absolute atomic E-state index is 13.4. The molecule has 1 fully saturated rings. The zero-order valence-corrected chi connectivity index (χ0v) is 12.4. The highest BCUT2D eigenvalue weighted by Crippen LogP contribution is 2.22.